The quantitative estimate of drug-likeness (QED) is 0.615. The van der Waals surface area contributed by atoms with Crippen LogP contribution in [0.4, 0.5) is 0 Å². The average molecular weight is 313 g/mol. The second kappa shape index (κ2) is 6.30. The highest BCUT2D eigenvalue weighted by Gasteiger charge is 2.21. The van der Waals surface area contributed by atoms with Gasteiger partial charge >= 0.3 is 0 Å². The minimum atomic E-state index is 0.0540. The molecule has 0 unspecified atom stereocenters. The van der Waals surface area contributed by atoms with Crippen LogP contribution in [0.5, 0.6) is 0 Å². The topological polar surface area (TPSA) is 43.8 Å². The SMILES string of the molecule is NCc1nc2ccccc2n1C(c1ccccc1)c1ccccc1. The van der Waals surface area contributed by atoms with Crippen molar-refractivity contribution in [3.05, 3.63) is 102 Å². The molecule has 4 aromatic rings. The van der Waals surface area contributed by atoms with E-state index in [1.165, 1.54) is 11.1 Å². The van der Waals surface area contributed by atoms with Gasteiger partial charge in [-0.2, -0.15) is 0 Å². The summed E-state index contributed by atoms with van der Waals surface area (Å²) in [5.74, 6) is 0.897. The van der Waals surface area contributed by atoms with Gasteiger partial charge in [0.2, 0.25) is 0 Å². The Morgan fingerprint density at radius 3 is 1.88 bits per heavy atom. The summed E-state index contributed by atoms with van der Waals surface area (Å²) in [5.41, 5.74) is 10.6. The molecule has 0 bridgehead atoms. The molecule has 24 heavy (non-hydrogen) atoms. The van der Waals surface area contributed by atoms with E-state index in [1.807, 2.05) is 30.3 Å². The van der Waals surface area contributed by atoms with Crippen molar-refractivity contribution in [3.63, 3.8) is 0 Å². The first-order chi connectivity index (χ1) is 11.9. The average Bonchev–Trinajstić information content (AvgIpc) is 3.02. The summed E-state index contributed by atoms with van der Waals surface area (Å²) in [6, 6.07) is 29.3. The normalized spacial score (nSPS) is 11.2. The Morgan fingerprint density at radius 1 is 0.750 bits per heavy atom. The Labute approximate surface area is 141 Å². The van der Waals surface area contributed by atoms with Gasteiger partial charge in [-0.15, -0.1) is 0 Å². The molecular weight excluding hydrogens is 294 g/mol. The van der Waals surface area contributed by atoms with Gasteiger partial charge in [0.15, 0.2) is 0 Å². The van der Waals surface area contributed by atoms with Crippen LogP contribution in [0.1, 0.15) is 23.0 Å². The minimum absolute atomic E-state index is 0.0540. The van der Waals surface area contributed by atoms with E-state index < -0.39 is 0 Å². The van der Waals surface area contributed by atoms with E-state index in [1.54, 1.807) is 0 Å². The number of imidazole rings is 1. The summed E-state index contributed by atoms with van der Waals surface area (Å²) in [7, 11) is 0. The molecule has 0 aliphatic rings. The van der Waals surface area contributed by atoms with Crippen molar-refractivity contribution in [2.75, 3.05) is 0 Å². The molecule has 3 heteroatoms. The first-order valence-corrected chi connectivity index (χ1v) is 8.14. The van der Waals surface area contributed by atoms with E-state index >= 15 is 0 Å². The van der Waals surface area contributed by atoms with Crippen LogP contribution in [0.25, 0.3) is 11.0 Å². The van der Waals surface area contributed by atoms with E-state index in [0.717, 1.165) is 16.9 Å². The molecule has 1 aromatic heterocycles. The first-order valence-electron chi connectivity index (χ1n) is 8.14. The summed E-state index contributed by atoms with van der Waals surface area (Å²) in [6.45, 7) is 0.408. The molecule has 0 fully saturated rings. The van der Waals surface area contributed by atoms with Crippen molar-refractivity contribution < 1.29 is 0 Å². The van der Waals surface area contributed by atoms with Crippen LogP contribution in [0, 0.1) is 0 Å². The highest BCUT2D eigenvalue weighted by atomic mass is 15.1. The standard InChI is InChI=1S/C21H19N3/c22-15-20-23-18-13-7-8-14-19(18)24(20)21(16-9-3-1-4-10-16)17-11-5-2-6-12-17/h1-14,21H,15,22H2. The summed E-state index contributed by atoms with van der Waals surface area (Å²) in [6.07, 6.45) is 0. The summed E-state index contributed by atoms with van der Waals surface area (Å²) >= 11 is 0. The maximum Gasteiger partial charge on any atom is 0.124 e. The number of para-hydroxylation sites is 2. The zero-order valence-corrected chi connectivity index (χ0v) is 13.3. The second-order valence-electron chi connectivity index (χ2n) is 5.81. The smallest absolute Gasteiger partial charge is 0.124 e. The van der Waals surface area contributed by atoms with Crippen molar-refractivity contribution in [1.82, 2.24) is 9.55 Å². The first kappa shape index (κ1) is 14.7. The van der Waals surface area contributed by atoms with Gasteiger partial charge in [0, 0.05) is 0 Å². The third kappa shape index (κ3) is 2.49. The number of benzene rings is 3. The number of aromatic nitrogens is 2. The van der Waals surface area contributed by atoms with Crippen LogP contribution in [-0.4, -0.2) is 9.55 Å². The molecule has 4 rings (SSSR count). The maximum absolute atomic E-state index is 6.03. The molecule has 0 spiro atoms. The molecule has 0 aliphatic heterocycles. The van der Waals surface area contributed by atoms with E-state index in [9.17, 15) is 0 Å². The van der Waals surface area contributed by atoms with Crippen molar-refractivity contribution in [1.29, 1.82) is 0 Å². The van der Waals surface area contributed by atoms with Crippen LogP contribution < -0.4 is 5.73 Å². The lowest BCUT2D eigenvalue weighted by Gasteiger charge is -2.23. The fourth-order valence-corrected chi connectivity index (χ4v) is 3.29. The van der Waals surface area contributed by atoms with E-state index in [2.05, 4.69) is 59.2 Å². The summed E-state index contributed by atoms with van der Waals surface area (Å²) < 4.78 is 2.26. The van der Waals surface area contributed by atoms with Gasteiger partial charge < -0.3 is 10.3 Å². The second-order valence-corrected chi connectivity index (χ2v) is 5.81. The molecule has 118 valence electrons. The molecule has 0 atom stereocenters. The molecular formula is C21H19N3. The predicted octanol–water partition coefficient (Wildman–Crippen LogP) is 4.13. The third-order valence-electron chi connectivity index (χ3n) is 4.34. The number of rotatable bonds is 4. The van der Waals surface area contributed by atoms with Gasteiger partial charge in [0.1, 0.15) is 5.82 Å². The Morgan fingerprint density at radius 2 is 1.29 bits per heavy atom. The lowest BCUT2D eigenvalue weighted by atomic mass is 9.98. The molecule has 0 aliphatic carbocycles. The Bertz CT molecular complexity index is 903. The minimum Gasteiger partial charge on any atom is -0.324 e. The van der Waals surface area contributed by atoms with Crippen LogP contribution in [-0.2, 0) is 6.54 Å². The van der Waals surface area contributed by atoms with E-state index in [4.69, 9.17) is 10.7 Å². The van der Waals surface area contributed by atoms with Crippen LogP contribution in [0.15, 0.2) is 84.9 Å². The van der Waals surface area contributed by atoms with Gasteiger partial charge in [-0.3, -0.25) is 0 Å². The van der Waals surface area contributed by atoms with Gasteiger partial charge in [-0.25, -0.2) is 4.98 Å². The number of nitrogens with zero attached hydrogens (tertiary/aromatic N) is 2. The number of fused-ring (bicyclic) bond motifs is 1. The molecule has 3 aromatic carbocycles. The monoisotopic (exact) mass is 313 g/mol. The zero-order valence-electron chi connectivity index (χ0n) is 13.3. The number of hydrogen-bond donors (Lipinski definition) is 1. The molecule has 0 saturated heterocycles. The van der Waals surface area contributed by atoms with Gasteiger partial charge in [0.25, 0.3) is 0 Å². The highest BCUT2D eigenvalue weighted by molar-refractivity contribution is 5.76. The van der Waals surface area contributed by atoms with Crippen molar-refractivity contribution in [2.45, 2.75) is 12.6 Å². The molecule has 0 saturated carbocycles. The summed E-state index contributed by atoms with van der Waals surface area (Å²) in [4.78, 5) is 4.74. The fraction of sp³-hybridized carbons (Fsp3) is 0.0952. The molecule has 0 radical (unpaired) electrons. The van der Waals surface area contributed by atoms with Crippen LogP contribution in [0.2, 0.25) is 0 Å². The molecule has 1 heterocycles. The zero-order chi connectivity index (χ0) is 16.4. The van der Waals surface area contributed by atoms with Crippen molar-refractivity contribution in [2.24, 2.45) is 5.73 Å². The lowest BCUT2D eigenvalue weighted by Crippen LogP contribution is -2.17. The van der Waals surface area contributed by atoms with Crippen molar-refractivity contribution in [3.8, 4) is 0 Å². The molecule has 2 N–H and O–H groups in total. The fourth-order valence-electron chi connectivity index (χ4n) is 3.29. The largest absolute Gasteiger partial charge is 0.324 e. The van der Waals surface area contributed by atoms with E-state index in [-0.39, 0.29) is 6.04 Å². The number of nitrogens with two attached hydrogens (primary N) is 1. The van der Waals surface area contributed by atoms with Gasteiger partial charge in [-0.05, 0) is 23.3 Å². The highest BCUT2D eigenvalue weighted by Crippen LogP contribution is 2.31. The van der Waals surface area contributed by atoms with Gasteiger partial charge in [-0.1, -0.05) is 72.8 Å². The molecule has 3 nitrogen and oxygen atoms in total. The molecule has 0 amide bonds. The Kier molecular flexibility index (Phi) is 3.85. The van der Waals surface area contributed by atoms with Crippen LogP contribution in [0.3, 0.4) is 0 Å². The van der Waals surface area contributed by atoms with Crippen LogP contribution >= 0.6 is 0 Å². The van der Waals surface area contributed by atoms with E-state index in [0.29, 0.717) is 6.54 Å². The Hall–Kier alpha value is -2.91. The van der Waals surface area contributed by atoms with Crippen molar-refractivity contribution >= 4 is 11.0 Å². The Balaban J connectivity index is 2.01. The third-order valence-corrected chi connectivity index (χ3v) is 4.34. The maximum atomic E-state index is 6.03. The van der Waals surface area contributed by atoms with Gasteiger partial charge in [0.05, 0.1) is 23.6 Å². The lowest BCUT2D eigenvalue weighted by molar-refractivity contribution is 0.652. The predicted molar refractivity (Wildman–Crippen MR) is 97.7 cm³/mol. The summed E-state index contributed by atoms with van der Waals surface area (Å²) in [5, 5.41) is 0. The number of hydrogen-bond acceptors (Lipinski definition) is 2.